The number of halogens is 1. The first kappa shape index (κ1) is 15.8. The van der Waals surface area contributed by atoms with E-state index in [1.165, 1.54) is 0 Å². The Morgan fingerprint density at radius 2 is 1.88 bits per heavy atom. The Labute approximate surface area is 150 Å². The third-order valence-electron chi connectivity index (χ3n) is 4.13. The Balaban J connectivity index is 1.85. The SMILES string of the molecule is CC(C)c1n[nH]c(Cc2c(-c3ccccc3)nc3ccc(Cl)cn23)n1. The van der Waals surface area contributed by atoms with Gasteiger partial charge in [0.15, 0.2) is 5.82 Å². The van der Waals surface area contributed by atoms with Gasteiger partial charge in [0, 0.05) is 17.7 Å². The molecule has 4 aromatic rings. The Morgan fingerprint density at radius 1 is 1.08 bits per heavy atom. The Hall–Kier alpha value is -2.66. The second kappa shape index (κ2) is 6.33. The van der Waals surface area contributed by atoms with Crippen LogP contribution < -0.4 is 0 Å². The van der Waals surface area contributed by atoms with Gasteiger partial charge in [-0.2, -0.15) is 5.10 Å². The van der Waals surface area contributed by atoms with Gasteiger partial charge in [-0.05, 0) is 12.1 Å². The fourth-order valence-electron chi connectivity index (χ4n) is 2.87. The van der Waals surface area contributed by atoms with Crippen molar-refractivity contribution in [3.63, 3.8) is 0 Å². The molecule has 25 heavy (non-hydrogen) atoms. The van der Waals surface area contributed by atoms with E-state index < -0.39 is 0 Å². The minimum absolute atomic E-state index is 0.287. The highest BCUT2D eigenvalue weighted by Crippen LogP contribution is 2.27. The van der Waals surface area contributed by atoms with Gasteiger partial charge in [0.05, 0.1) is 22.8 Å². The Kier molecular flexibility index (Phi) is 4.01. The van der Waals surface area contributed by atoms with Crippen molar-refractivity contribution in [2.75, 3.05) is 0 Å². The normalized spacial score (nSPS) is 11.5. The molecule has 0 amide bonds. The molecule has 126 valence electrons. The first-order chi connectivity index (χ1) is 12.1. The maximum atomic E-state index is 6.21. The van der Waals surface area contributed by atoms with Crippen molar-refractivity contribution in [2.24, 2.45) is 0 Å². The third-order valence-corrected chi connectivity index (χ3v) is 4.35. The second-order valence-corrected chi connectivity index (χ2v) is 6.76. The number of hydrogen-bond acceptors (Lipinski definition) is 3. The Bertz CT molecular complexity index is 1020. The molecule has 0 radical (unpaired) electrons. The summed E-state index contributed by atoms with van der Waals surface area (Å²) in [6.07, 6.45) is 2.50. The summed E-state index contributed by atoms with van der Waals surface area (Å²) in [4.78, 5) is 9.41. The predicted octanol–water partition coefficient (Wildman–Crippen LogP) is 4.49. The van der Waals surface area contributed by atoms with Crippen molar-refractivity contribution in [3.8, 4) is 11.3 Å². The van der Waals surface area contributed by atoms with Gasteiger partial charge >= 0.3 is 0 Å². The summed E-state index contributed by atoms with van der Waals surface area (Å²) in [6.45, 7) is 4.16. The molecule has 0 aliphatic carbocycles. The third kappa shape index (κ3) is 3.03. The van der Waals surface area contributed by atoms with Crippen LogP contribution in [0.25, 0.3) is 16.9 Å². The molecule has 3 aromatic heterocycles. The zero-order valence-corrected chi connectivity index (χ0v) is 14.8. The molecule has 3 heterocycles. The van der Waals surface area contributed by atoms with E-state index in [1.54, 1.807) is 0 Å². The molecule has 0 saturated heterocycles. The van der Waals surface area contributed by atoms with E-state index in [4.69, 9.17) is 16.6 Å². The van der Waals surface area contributed by atoms with Gasteiger partial charge in [-0.3, -0.25) is 5.10 Å². The summed E-state index contributed by atoms with van der Waals surface area (Å²) in [5.41, 5.74) is 3.91. The summed E-state index contributed by atoms with van der Waals surface area (Å²) in [5, 5.41) is 8.02. The van der Waals surface area contributed by atoms with E-state index in [9.17, 15) is 0 Å². The van der Waals surface area contributed by atoms with E-state index in [-0.39, 0.29) is 5.92 Å². The number of imidazole rings is 1. The first-order valence-electron chi connectivity index (χ1n) is 8.25. The molecule has 0 bridgehead atoms. The van der Waals surface area contributed by atoms with Crippen LogP contribution in [-0.4, -0.2) is 24.6 Å². The lowest BCUT2D eigenvalue weighted by Crippen LogP contribution is -1.99. The van der Waals surface area contributed by atoms with Gasteiger partial charge in [-0.25, -0.2) is 9.97 Å². The largest absolute Gasteiger partial charge is 0.301 e. The smallest absolute Gasteiger partial charge is 0.153 e. The summed E-state index contributed by atoms with van der Waals surface area (Å²) in [7, 11) is 0. The van der Waals surface area contributed by atoms with Crippen molar-refractivity contribution in [1.82, 2.24) is 24.6 Å². The molecule has 6 heteroatoms. The van der Waals surface area contributed by atoms with Gasteiger partial charge in [0.1, 0.15) is 11.5 Å². The van der Waals surface area contributed by atoms with E-state index in [0.29, 0.717) is 11.4 Å². The van der Waals surface area contributed by atoms with Crippen molar-refractivity contribution < 1.29 is 0 Å². The summed E-state index contributed by atoms with van der Waals surface area (Å²) in [5.74, 6) is 1.93. The highest BCUT2D eigenvalue weighted by Gasteiger charge is 2.17. The Morgan fingerprint density at radius 3 is 2.60 bits per heavy atom. The number of hydrogen-bond donors (Lipinski definition) is 1. The van der Waals surface area contributed by atoms with E-state index in [2.05, 4.69) is 41.2 Å². The first-order valence-corrected chi connectivity index (χ1v) is 8.62. The molecule has 0 unspecified atom stereocenters. The fraction of sp³-hybridized carbons (Fsp3) is 0.211. The van der Waals surface area contributed by atoms with Gasteiger partial charge in [0.25, 0.3) is 0 Å². The second-order valence-electron chi connectivity index (χ2n) is 6.32. The van der Waals surface area contributed by atoms with Gasteiger partial charge in [-0.15, -0.1) is 0 Å². The van der Waals surface area contributed by atoms with Crippen LogP contribution in [0.5, 0.6) is 0 Å². The number of pyridine rings is 1. The molecule has 0 fully saturated rings. The van der Waals surface area contributed by atoms with Crippen LogP contribution in [-0.2, 0) is 6.42 Å². The van der Waals surface area contributed by atoms with E-state index in [1.807, 2.05) is 40.9 Å². The lowest BCUT2D eigenvalue weighted by atomic mass is 10.1. The fourth-order valence-corrected chi connectivity index (χ4v) is 3.03. The minimum Gasteiger partial charge on any atom is -0.301 e. The maximum absolute atomic E-state index is 6.21. The number of aromatic amines is 1. The maximum Gasteiger partial charge on any atom is 0.153 e. The van der Waals surface area contributed by atoms with Crippen molar-refractivity contribution in [3.05, 3.63) is 71.0 Å². The summed E-state index contributed by atoms with van der Waals surface area (Å²) < 4.78 is 2.03. The average molecular weight is 352 g/mol. The van der Waals surface area contributed by atoms with Gasteiger partial charge in [-0.1, -0.05) is 55.8 Å². The molecule has 4 rings (SSSR count). The van der Waals surface area contributed by atoms with Crippen LogP contribution in [0.15, 0.2) is 48.7 Å². The molecule has 5 nitrogen and oxygen atoms in total. The zero-order chi connectivity index (χ0) is 17.4. The number of rotatable bonds is 4. The lowest BCUT2D eigenvalue weighted by molar-refractivity contribution is 0.780. The lowest BCUT2D eigenvalue weighted by Gasteiger charge is -2.04. The summed E-state index contributed by atoms with van der Waals surface area (Å²) in [6, 6.07) is 13.9. The van der Waals surface area contributed by atoms with Crippen molar-refractivity contribution in [2.45, 2.75) is 26.2 Å². The number of nitrogens with zero attached hydrogens (tertiary/aromatic N) is 4. The average Bonchev–Trinajstić information content (AvgIpc) is 3.22. The molecule has 1 N–H and O–H groups in total. The molecule has 0 saturated carbocycles. The molecule has 0 spiro atoms. The number of benzene rings is 1. The van der Waals surface area contributed by atoms with E-state index >= 15 is 0 Å². The van der Waals surface area contributed by atoms with Crippen LogP contribution in [0.4, 0.5) is 0 Å². The highest BCUT2D eigenvalue weighted by molar-refractivity contribution is 6.30. The minimum atomic E-state index is 0.287. The van der Waals surface area contributed by atoms with E-state index in [0.717, 1.165) is 34.2 Å². The topological polar surface area (TPSA) is 58.9 Å². The molecule has 1 aromatic carbocycles. The van der Waals surface area contributed by atoms with Gasteiger partial charge in [0.2, 0.25) is 0 Å². The standard InChI is InChI=1S/C19H18ClN5/c1-12(2)19-21-16(23-24-19)10-15-18(13-6-4-3-5-7-13)22-17-9-8-14(20)11-25(15)17/h3-9,11-12H,10H2,1-2H3,(H,21,23,24). The quantitative estimate of drug-likeness (QED) is 0.589. The predicted molar refractivity (Wildman–Crippen MR) is 98.9 cm³/mol. The van der Waals surface area contributed by atoms with Crippen molar-refractivity contribution >= 4 is 17.2 Å². The monoisotopic (exact) mass is 351 g/mol. The number of aromatic nitrogens is 5. The van der Waals surface area contributed by atoms with Crippen LogP contribution >= 0.6 is 11.6 Å². The summed E-state index contributed by atoms with van der Waals surface area (Å²) >= 11 is 6.21. The van der Waals surface area contributed by atoms with Gasteiger partial charge < -0.3 is 4.40 Å². The van der Waals surface area contributed by atoms with Crippen LogP contribution in [0.2, 0.25) is 5.02 Å². The molecule has 0 aliphatic heterocycles. The van der Waals surface area contributed by atoms with Crippen LogP contribution in [0.3, 0.4) is 0 Å². The van der Waals surface area contributed by atoms with Crippen LogP contribution in [0, 0.1) is 0 Å². The van der Waals surface area contributed by atoms with Crippen LogP contribution in [0.1, 0.15) is 37.1 Å². The molecule has 0 aliphatic rings. The number of nitrogens with one attached hydrogen (secondary N) is 1. The molecule has 0 atom stereocenters. The molecular weight excluding hydrogens is 334 g/mol. The number of H-pyrrole nitrogens is 1. The van der Waals surface area contributed by atoms with Crippen molar-refractivity contribution in [1.29, 1.82) is 0 Å². The highest BCUT2D eigenvalue weighted by atomic mass is 35.5. The number of fused-ring (bicyclic) bond motifs is 1. The zero-order valence-electron chi connectivity index (χ0n) is 14.1. The molecular formula is C19H18ClN5.